The third kappa shape index (κ3) is 4.32. The maximum absolute atomic E-state index is 12.6. The highest BCUT2D eigenvalue weighted by Gasteiger charge is 2.26. The summed E-state index contributed by atoms with van der Waals surface area (Å²) in [5.41, 5.74) is 2.07. The second kappa shape index (κ2) is 7.88. The van der Waals surface area contributed by atoms with Gasteiger partial charge in [0.1, 0.15) is 0 Å². The van der Waals surface area contributed by atoms with Crippen LogP contribution >= 0.6 is 0 Å². The first-order chi connectivity index (χ1) is 12.4. The molecule has 0 aromatic heterocycles. The molecule has 1 saturated heterocycles. The molecule has 0 radical (unpaired) electrons. The number of aryl methyl sites for hydroxylation is 1. The van der Waals surface area contributed by atoms with Crippen molar-refractivity contribution in [3.63, 3.8) is 0 Å². The van der Waals surface area contributed by atoms with E-state index in [-0.39, 0.29) is 22.6 Å². The normalized spacial score (nSPS) is 19.8. The highest BCUT2D eigenvalue weighted by atomic mass is 32.2. The number of carbonyl (C=O) groups excluding carboxylic acids is 1. The van der Waals surface area contributed by atoms with Gasteiger partial charge in [0.25, 0.3) is 10.0 Å². The van der Waals surface area contributed by atoms with Gasteiger partial charge in [-0.3, -0.25) is 4.79 Å². The number of carbonyl (C=O) groups is 1. The van der Waals surface area contributed by atoms with Crippen molar-refractivity contribution in [3.05, 3.63) is 23.8 Å². The Morgan fingerprint density at radius 3 is 2.42 bits per heavy atom. The van der Waals surface area contributed by atoms with E-state index in [1.807, 2.05) is 0 Å². The second-order valence-electron chi connectivity index (χ2n) is 7.33. The topological polar surface area (TPSA) is 87.6 Å². The van der Waals surface area contributed by atoms with E-state index in [0.29, 0.717) is 11.4 Å². The summed E-state index contributed by atoms with van der Waals surface area (Å²) in [6.07, 6.45) is 4.79. The van der Waals surface area contributed by atoms with Gasteiger partial charge in [0.15, 0.2) is 0 Å². The van der Waals surface area contributed by atoms with Crippen molar-refractivity contribution in [1.82, 2.24) is 5.32 Å². The minimum atomic E-state index is -3.73. The van der Waals surface area contributed by atoms with Gasteiger partial charge in [0, 0.05) is 23.2 Å². The van der Waals surface area contributed by atoms with Crippen LogP contribution in [-0.2, 0) is 14.8 Å². The van der Waals surface area contributed by atoms with Crippen molar-refractivity contribution in [2.45, 2.75) is 50.8 Å². The zero-order valence-corrected chi connectivity index (χ0v) is 16.2. The van der Waals surface area contributed by atoms with Crippen LogP contribution in [0.5, 0.6) is 0 Å². The third-order valence-corrected chi connectivity index (χ3v) is 6.80. The molecule has 6 nitrogen and oxygen atoms in total. The summed E-state index contributed by atoms with van der Waals surface area (Å²) < 4.78 is 29.3. The lowest BCUT2D eigenvalue weighted by Gasteiger charge is -2.24. The molecular weight excluding hydrogens is 350 g/mol. The highest BCUT2D eigenvalue weighted by Crippen LogP contribution is 2.29. The Hall–Kier alpha value is -1.73. The number of hydrogen-bond acceptors (Lipinski definition) is 4. The number of amides is 1. The summed E-state index contributed by atoms with van der Waals surface area (Å²) >= 11 is 0. The van der Waals surface area contributed by atoms with E-state index < -0.39 is 10.0 Å². The molecule has 2 N–H and O–H groups in total. The molecule has 1 saturated carbocycles. The van der Waals surface area contributed by atoms with E-state index in [1.165, 1.54) is 6.07 Å². The minimum absolute atomic E-state index is 0.0229. The van der Waals surface area contributed by atoms with Crippen LogP contribution in [0.1, 0.15) is 44.6 Å². The molecule has 1 amide bonds. The summed E-state index contributed by atoms with van der Waals surface area (Å²) in [5, 5.41) is 6.18. The van der Waals surface area contributed by atoms with E-state index in [0.717, 1.165) is 50.8 Å². The molecular formula is C19H27N3O3S. The largest absolute Gasteiger partial charge is 0.326 e. The lowest BCUT2D eigenvalue weighted by Crippen LogP contribution is -2.31. The van der Waals surface area contributed by atoms with E-state index in [2.05, 4.69) is 15.0 Å². The monoisotopic (exact) mass is 377 g/mol. The van der Waals surface area contributed by atoms with Gasteiger partial charge >= 0.3 is 0 Å². The number of rotatable bonds is 5. The van der Waals surface area contributed by atoms with Crippen LogP contribution in [-0.4, -0.2) is 33.1 Å². The molecule has 0 bridgehead atoms. The fraction of sp³-hybridized carbons (Fsp3) is 0.579. The van der Waals surface area contributed by atoms with Crippen molar-refractivity contribution >= 4 is 27.3 Å². The molecule has 3 rings (SSSR count). The molecule has 1 aliphatic carbocycles. The quantitative estimate of drug-likeness (QED) is 0.773. The first-order valence-electron chi connectivity index (χ1n) is 9.30. The number of hydrogen-bond donors (Lipinski definition) is 2. The van der Waals surface area contributed by atoms with Gasteiger partial charge in [-0.1, -0.05) is 6.42 Å². The molecule has 1 heterocycles. The number of nitrogens with one attached hydrogen (secondary N) is 2. The zero-order valence-electron chi connectivity index (χ0n) is 15.4. The first kappa shape index (κ1) is 19.0. The Labute approximate surface area is 155 Å². The fourth-order valence-electron chi connectivity index (χ4n) is 3.40. The molecule has 0 unspecified atom stereocenters. The van der Waals surface area contributed by atoms with E-state index >= 15 is 0 Å². The van der Waals surface area contributed by atoms with Gasteiger partial charge in [0.05, 0.1) is 4.90 Å². The molecule has 2 fully saturated rings. The lowest BCUT2D eigenvalue weighted by atomic mass is 9.85. The Kier molecular flexibility index (Phi) is 5.77. The number of piperidine rings is 1. The van der Waals surface area contributed by atoms with Gasteiger partial charge in [-0.05, 0) is 76.4 Å². The maximum Gasteiger partial charge on any atom is 0.282 e. The molecule has 2 aliphatic rings. The van der Waals surface area contributed by atoms with E-state index in [4.69, 9.17) is 0 Å². The molecule has 1 aliphatic heterocycles. The van der Waals surface area contributed by atoms with Gasteiger partial charge in [-0.2, -0.15) is 12.8 Å². The average Bonchev–Trinajstić information content (AvgIpc) is 2.55. The molecule has 1 aromatic rings. The summed E-state index contributed by atoms with van der Waals surface area (Å²) in [4.78, 5) is 12.3. The van der Waals surface area contributed by atoms with Crippen LogP contribution in [0, 0.1) is 18.8 Å². The van der Waals surface area contributed by atoms with Crippen molar-refractivity contribution in [3.8, 4) is 0 Å². The van der Waals surface area contributed by atoms with Gasteiger partial charge < -0.3 is 10.6 Å². The number of anilines is 1. The average molecular weight is 378 g/mol. The Morgan fingerprint density at radius 2 is 1.85 bits per heavy atom. The molecule has 7 heteroatoms. The smallest absolute Gasteiger partial charge is 0.282 e. The summed E-state index contributed by atoms with van der Waals surface area (Å²) in [5.74, 6) is 0.331. The second-order valence-corrected chi connectivity index (χ2v) is 8.93. The van der Waals surface area contributed by atoms with Crippen LogP contribution in [0.25, 0.3) is 0 Å². The van der Waals surface area contributed by atoms with Crippen molar-refractivity contribution in [2.24, 2.45) is 16.2 Å². The van der Waals surface area contributed by atoms with E-state index in [9.17, 15) is 13.2 Å². The van der Waals surface area contributed by atoms with Crippen molar-refractivity contribution in [1.29, 1.82) is 0 Å². The third-order valence-electron chi connectivity index (χ3n) is 5.42. The molecule has 26 heavy (non-hydrogen) atoms. The zero-order chi connectivity index (χ0) is 18.7. The molecule has 0 atom stereocenters. The van der Waals surface area contributed by atoms with Gasteiger partial charge in [-0.25, -0.2) is 0 Å². The Morgan fingerprint density at radius 1 is 1.15 bits per heavy atom. The first-order valence-corrected chi connectivity index (χ1v) is 10.7. The van der Waals surface area contributed by atoms with Crippen LogP contribution < -0.4 is 10.6 Å². The highest BCUT2D eigenvalue weighted by molar-refractivity contribution is 7.90. The summed E-state index contributed by atoms with van der Waals surface area (Å²) in [6.45, 7) is 5.39. The fourth-order valence-corrected chi connectivity index (χ4v) is 4.60. The minimum Gasteiger partial charge on any atom is -0.326 e. The summed E-state index contributed by atoms with van der Waals surface area (Å²) in [6, 6.07) is 4.77. The predicted molar refractivity (Wildman–Crippen MR) is 103 cm³/mol. The number of benzene rings is 1. The van der Waals surface area contributed by atoms with Crippen LogP contribution in [0.3, 0.4) is 0 Å². The standard InChI is InChI=1S/C19H27N3O3S/c1-13-12-17(6-7-18(13)21-19(23)16-4-3-5-16)26(24,25)22-14(2)15-8-10-20-11-9-15/h6-7,12,15-16,20H,3-5,8-11H2,1-2H3,(H,21,23)/b22-14-. The summed E-state index contributed by atoms with van der Waals surface area (Å²) in [7, 11) is -3.73. The molecule has 0 spiro atoms. The lowest BCUT2D eigenvalue weighted by molar-refractivity contribution is -0.122. The Balaban J connectivity index is 1.75. The van der Waals surface area contributed by atoms with Crippen LogP contribution in [0.4, 0.5) is 5.69 Å². The van der Waals surface area contributed by atoms with Crippen molar-refractivity contribution < 1.29 is 13.2 Å². The van der Waals surface area contributed by atoms with Gasteiger partial charge in [-0.15, -0.1) is 0 Å². The molecule has 142 valence electrons. The Bertz CT molecular complexity index is 807. The SMILES string of the molecule is C/C(=N/S(=O)(=O)c1ccc(NC(=O)C2CCC2)c(C)c1)C1CCNCC1. The van der Waals surface area contributed by atoms with E-state index in [1.54, 1.807) is 26.0 Å². The number of nitrogens with zero attached hydrogens (tertiary/aromatic N) is 1. The van der Waals surface area contributed by atoms with Crippen molar-refractivity contribution in [2.75, 3.05) is 18.4 Å². The van der Waals surface area contributed by atoms with Crippen LogP contribution in [0.2, 0.25) is 0 Å². The van der Waals surface area contributed by atoms with Crippen LogP contribution in [0.15, 0.2) is 27.5 Å². The predicted octanol–water partition coefficient (Wildman–Crippen LogP) is 2.88. The molecule has 1 aromatic carbocycles. The number of sulfonamides is 1. The maximum atomic E-state index is 12.6. The van der Waals surface area contributed by atoms with Gasteiger partial charge in [0.2, 0.25) is 5.91 Å².